The van der Waals surface area contributed by atoms with Crippen molar-refractivity contribution in [2.45, 2.75) is 45.1 Å². The van der Waals surface area contributed by atoms with Gasteiger partial charge >= 0.3 is 0 Å². The van der Waals surface area contributed by atoms with E-state index in [2.05, 4.69) is 58.8 Å². The molecule has 0 spiro atoms. The molecule has 8 rings (SSSR count). The van der Waals surface area contributed by atoms with Crippen LogP contribution in [0.3, 0.4) is 0 Å². The third-order valence-corrected chi connectivity index (χ3v) is 11.5. The lowest BCUT2D eigenvalue weighted by Crippen LogP contribution is -2.48. The number of piperidine rings is 1. The van der Waals surface area contributed by atoms with Gasteiger partial charge in [-0.1, -0.05) is 11.6 Å². The van der Waals surface area contributed by atoms with Gasteiger partial charge in [-0.2, -0.15) is 10.1 Å². The SMILES string of the molecule is CNC(=O)COc1cc2cc(Nc3nc(N4CCC(CN5CCN(c6ccc7c(C8CCC(=O)NC8=O)nn(C)c7c6)CC5)C4)ncc3Cl)cnc2n(C(C)C)c1=O. The monoisotopic (exact) mass is 810 g/mol. The summed E-state index contributed by atoms with van der Waals surface area (Å²) in [5.74, 6) is 0.287. The summed E-state index contributed by atoms with van der Waals surface area (Å²) in [6, 6.07) is 9.57. The summed E-state index contributed by atoms with van der Waals surface area (Å²) in [6.45, 7) is 9.84. The van der Waals surface area contributed by atoms with Crippen LogP contribution in [0.15, 0.2) is 47.5 Å². The van der Waals surface area contributed by atoms with Crippen LogP contribution in [-0.2, 0) is 21.4 Å². The first-order valence-electron chi connectivity index (χ1n) is 19.7. The van der Waals surface area contributed by atoms with Crippen molar-refractivity contribution in [1.82, 2.24) is 44.8 Å². The summed E-state index contributed by atoms with van der Waals surface area (Å²) < 4.78 is 8.97. The normalized spacial score (nSPS) is 19.0. The van der Waals surface area contributed by atoms with E-state index in [1.807, 2.05) is 31.6 Å². The van der Waals surface area contributed by atoms with Crippen LogP contribution in [0.4, 0.5) is 23.1 Å². The number of piperazine rings is 1. The van der Waals surface area contributed by atoms with Gasteiger partial charge < -0.3 is 25.2 Å². The highest BCUT2D eigenvalue weighted by Gasteiger charge is 2.32. The maximum Gasteiger partial charge on any atom is 0.294 e. The van der Waals surface area contributed by atoms with Crippen LogP contribution in [0.1, 0.15) is 50.8 Å². The molecule has 0 bridgehead atoms. The number of fused-ring (bicyclic) bond motifs is 2. The number of imide groups is 1. The van der Waals surface area contributed by atoms with Gasteiger partial charge in [-0.15, -0.1) is 0 Å². The predicted molar refractivity (Wildman–Crippen MR) is 221 cm³/mol. The number of ether oxygens (including phenoxy) is 1. The van der Waals surface area contributed by atoms with Gasteiger partial charge in [0.1, 0.15) is 10.7 Å². The van der Waals surface area contributed by atoms with Gasteiger partial charge in [0.2, 0.25) is 17.8 Å². The number of benzene rings is 1. The number of amides is 3. The number of anilines is 4. The van der Waals surface area contributed by atoms with Crippen molar-refractivity contribution in [2.24, 2.45) is 13.0 Å². The van der Waals surface area contributed by atoms with Crippen molar-refractivity contribution >= 4 is 74.4 Å². The number of hydrogen-bond donors (Lipinski definition) is 3. The largest absolute Gasteiger partial charge is 0.478 e. The Hall–Kier alpha value is -5.81. The molecule has 3 aliphatic heterocycles. The van der Waals surface area contributed by atoms with Crippen LogP contribution in [0, 0.1) is 5.92 Å². The third kappa shape index (κ3) is 7.87. The number of nitrogens with one attached hydrogen (secondary N) is 3. The summed E-state index contributed by atoms with van der Waals surface area (Å²) in [7, 11) is 3.41. The molecule has 5 aromatic rings. The molecule has 4 aromatic heterocycles. The molecule has 3 amide bonds. The molecule has 3 N–H and O–H groups in total. The van der Waals surface area contributed by atoms with Crippen LogP contribution in [0.25, 0.3) is 21.9 Å². The second-order valence-corrected chi connectivity index (χ2v) is 15.9. The van der Waals surface area contributed by atoms with Crippen LogP contribution in [0.5, 0.6) is 5.75 Å². The second-order valence-electron chi connectivity index (χ2n) is 15.5. The third-order valence-electron chi connectivity index (χ3n) is 11.2. The molecule has 3 fully saturated rings. The van der Waals surface area contributed by atoms with Crippen molar-refractivity contribution in [3.63, 3.8) is 0 Å². The number of pyridine rings is 2. The molecule has 1 aromatic carbocycles. The molecule has 2 unspecified atom stereocenters. The summed E-state index contributed by atoms with van der Waals surface area (Å²) in [5, 5.41) is 14.9. The molecule has 2 atom stereocenters. The Bertz CT molecular complexity index is 2460. The zero-order chi connectivity index (χ0) is 40.7. The molecule has 58 heavy (non-hydrogen) atoms. The average Bonchev–Trinajstić information content (AvgIpc) is 3.81. The molecule has 18 heteroatoms. The second kappa shape index (κ2) is 16.2. The summed E-state index contributed by atoms with van der Waals surface area (Å²) in [4.78, 5) is 70.4. The number of likely N-dealkylation sites (N-methyl/N-ethyl adjacent to an activating group) is 1. The zero-order valence-electron chi connectivity index (χ0n) is 33.0. The fourth-order valence-electron chi connectivity index (χ4n) is 8.20. The smallest absolute Gasteiger partial charge is 0.294 e. The van der Waals surface area contributed by atoms with E-state index in [0.717, 1.165) is 74.5 Å². The van der Waals surface area contributed by atoms with Gasteiger partial charge in [0.25, 0.3) is 11.5 Å². The summed E-state index contributed by atoms with van der Waals surface area (Å²) in [6.07, 6.45) is 5.06. The van der Waals surface area contributed by atoms with Gasteiger partial charge in [0, 0.05) is 88.8 Å². The molecule has 304 valence electrons. The fraction of sp³-hybridized carbons (Fsp3) is 0.450. The number of rotatable bonds is 11. The minimum Gasteiger partial charge on any atom is -0.478 e. The maximum absolute atomic E-state index is 13.2. The fourth-order valence-corrected chi connectivity index (χ4v) is 8.34. The van der Waals surface area contributed by atoms with E-state index in [1.165, 1.54) is 7.05 Å². The highest BCUT2D eigenvalue weighted by Crippen LogP contribution is 2.33. The van der Waals surface area contributed by atoms with Crippen LogP contribution in [-0.4, -0.2) is 111 Å². The van der Waals surface area contributed by atoms with Crippen LogP contribution < -0.4 is 36.0 Å². The Balaban J connectivity index is 0.886. The highest BCUT2D eigenvalue weighted by atomic mass is 35.5. The Labute approximate surface area is 339 Å². The Kier molecular flexibility index (Phi) is 10.9. The van der Waals surface area contributed by atoms with Crippen LogP contribution in [0.2, 0.25) is 5.02 Å². The maximum atomic E-state index is 13.2. The minimum atomic E-state index is -0.423. The molecule has 0 radical (unpaired) electrons. The molecule has 3 aliphatic rings. The van der Waals surface area contributed by atoms with Crippen LogP contribution >= 0.6 is 11.6 Å². The lowest BCUT2D eigenvalue weighted by molar-refractivity contribution is -0.134. The minimum absolute atomic E-state index is 0.0580. The first-order chi connectivity index (χ1) is 27.9. The van der Waals surface area contributed by atoms with E-state index in [1.54, 1.807) is 23.0 Å². The lowest BCUT2D eigenvalue weighted by Gasteiger charge is -2.37. The number of hydrogen-bond acceptors (Lipinski definition) is 13. The van der Waals surface area contributed by atoms with Gasteiger partial charge in [0.15, 0.2) is 18.2 Å². The molecule has 7 heterocycles. The molecule has 17 nitrogen and oxygen atoms in total. The predicted octanol–water partition coefficient (Wildman–Crippen LogP) is 3.34. The molecule has 0 aliphatic carbocycles. The average molecular weight is 811 g/mol. The molecule has 0 saturated carbocycles. The van der Waals surface area contributed by atoms with E-state index >= 15 is 0 Å². The molecular weight excluding hydrogens is 764 g/mol. The highest BCUT2D eigenvalue weighted by molar-refractivity contribution is 6.33. The van der Waals surface area contributed by atoms with Crippen molar-refractivity contribution in [3.8, 4) is 5.75 Å². The molecular formula is C40H47ClN12O5. The number of carbonyl (C=O) groups is 3. The van der Waals surface area contributed by atoms with Crippen molar-refractivity contribution < 1.29 is 19.1 Å². The first kappa shape index (κ1) is 39.0. The number of halogens is 1. The summed E-state index contributed by atoms with van der Waals surface area (Å²) in [5.41, 5.74) is 3.57. The van der Waals surface area contributed by atoms with Crippen molar-refractivity contribution in [3.05, 3.63) is 63.8 Å². The summed E-state index contributed by atoms with van der Waals surface area (Å²) >= 11 is 6.59. The zero-order valence-corrected chi connectivity index (χ0v) is 33.8. The quantitative estimate of drug-likeness (QED) is 0.165. The Morgan fingerprint density at radius 3 is 2.59 bits per heavy atom. The lowest BCUT2D eigenvalue weighted by atomic mass is 9.93. The number of aryl methyl sites for hydroxylation is 1. The van der Waals surface area contributed by atoms with Gasteiger partial charge in [-0.25, -0.2) is 9.97 Å². The van der Waals surface area contributed by atoms with Gasteiger partial charge in [-0.3, -0.25) is 38.6 Å². The Morgan fingerprint density at radius 1 is 1.02 bits per heavy atom. The van der Waals surface area contributed by atoms with E-state index in [4.69, 9.17) is 26.4 Å². The van der Waals surface area contributed by atoms with E-state index in [0.29, 0.717) is 52.3 Å². The Morgan fingerprint density at radius 2 is 1.83 bits per heavy atom. The number of nitrogens with zero attached hydrogens (tertiary/aromatic N) is 9. The van der Waals surface area contributed by atoms with E-state index in [9.17, 15) is 19.2 Å². The molecule has 3 saturated heterocycles. The van der Waals surface area contributed by atoms with Crippen molar-refractivity contribution in [1.29, 1.82) is 0 Å². The topological polar surface area (TPSA) is 185 Å². The number of aromatic nitrogens is 6. The number of carbonyl (C=O) groups excluding carboxylic acids is 3. The first-order valence-corrected chi connectivity index (χ1v) is 20.0. The van der Waals surface area contributed by atoms with Crippen molar-refractivity contribution in [2.75, 3.05) is 74.6 Å². The van der Waals surface area contributed by atoms with E-state index < -0.39 is 5.92 Å². The van der Waals surface area contributed by atoms with Gasteiger partial charge in [0.05, 0.1) is 35.2 Å². The van der Waals surface area contributed by atoms with Gasteiger partial charge in [-0.05, 0) is 62.9 Å². The van der Waals surface area contributed by atoms with E-state index in [-0.39, 0.29) is 41.7 Å². The standard InChI is InChI=1S/C40H47ClN12O5/c1-23(2)53-37-25(16-32(39(53)57)58-22-34(55)42-3)15-26(18-43-37)45-36-30(41)19-44-40(47-36)52-10-9-24(21-52)20-50-11-13-51(14-12-50)27-5-6-28-31(17-27)49(4)48-35(28)29-7-8-33(54)46-38(29)56/h5-6,15-19,23-24,29H,7-14,20-22H2,1-4H3,(H,42,55)(H,44,45,47)(H,46,54,56).